The molecule has 0 bridgehead atoms. The summed E-state index contributed by atoms with van der Waals surface area (Å²) in [5.74, 6) is 1.22. The Labute approximate surface area is 180 Å². The molecule has 0 aliphatic carbocycles. The third-order valence-corrected chi connectivity index (χ3v) is 6.33. The highest BCUT2D eigenvalue weighted by Gasteiger charge is 2.34. The van der Waals surface area contributed by atoms with Crippen LogP contribution in [0.25, 0.3) is 11.3 Å². The van der Waals surface area contributed by atoms with Crippen LogP contribution in [0, 0.1) is 5.92 Å². The van der Waals surface area contributed by atoms with E-state index >= 15 is 0 Å². The fourth-order valence-corrected chi connectivity index (χ4v) is 4.54. The lowest BCUT2D eigenvalue weighted by Gasteiger charge is -2.13. The standard InChI is InChI=1S/C22H26N4O3S/c1-28-19-8-7-15(12-20(19)29-2)18-14-30-21(25-18)9-11-26-22(27)16(13-24-26)17-6-4-3-5-10-23-17/h6-8,12-14,16,23H,3-5,9-11H2,1-2H3/p+1/t16-/m0/s1. The van der Waals surface area contributed by atoms with Crippen molar-refractivity contribution in [1.29, 1.82) is 0 Å². The minimum atomic E-state index is -0.221. The molecule has 1 aromatic carbocycles. The maximum absolute atomic E-state index is 12.8. The van der Waals surface area contributed by atoms with Crippen molar-refractivity contribution in [2.24, 2.45) is 11.0 Å². The van der Waals surface area contributed by atoms with E-state index in [9.17, 15) is 4.79 Å². The van der Waals surface area contributed by atoms with Crippen LogP contribution in [-0.2, 0) is 11.2 Å². The van der Waals surface area contributed by atoms with Crippen LogP contribution in [0.5, 0.6) is 11.5 Å². The molecule has 0 saturated heterocycles. The third-order valence-electron chi connectivity index (χ3n) is 5.42. The highest BCUT2D eigenvalue weighted by molar-refractivity contribution is 7.09. The summed E-state index contributed by atoms with van der Waals surface area (Å²) in [5, 5.41) is 11.2. The van der Waals surface area contributed by atoms with Gasteiger partial charge in [0.2, 0.25) is 0 Å². The summed E-state index contributed by atoms with van der Waals surface area (Å²) in [6, 6.07) is 5.77. The second kappa shape index (κ2) is 9.40. The number of carbonyl (C=O) groups excluding carboxylic acids is 1. The van der Waals surface area contributed by atoms with E-state index in [2.05, 4.69) is 16.5 Å². The summed E-state index contributed by atoms with van der Waals surface area (Å²) in [6.45, 7) is 1.58. The van der Waals surface area contributed by atoms with Crippen molar-refractivity contribution in [1.82, 2.24) is 9.99 Å². The van der Waals surface area contributed by atoms with E-state index in [1.807, 2.05) is 23.6 Å². The summed E-state index contributed by atoms with van der Waals surface area (Å²) < 4.78 is 10.7. The van der Waals surface area contributed by atoms with Gasteiger partial charge in [0.15, 0.2) is 17.4 Å². The maximum Gasteiger partial charge on any atom is 0.261 e. The molecular formula is C22H27N4O3S+. The van der Waals surface area contributed by atoms with Crippen LogP contribution < -0.4 is 14.8 Å². The lowest BCUT2D eigenvalue weighted by Crippen LogP contribution is -2.83. The third kappa shape index (κ3) is 4.39. The highest BCUT2D eigenvalue weighted by atomic mass is 32.1. The molecule has 0 spiro atoms. The van der Waals surface area contributed by atoms with Gasteiger partial charge >= 0.3 is 0 Å². The Morgan fingerprint density at radius 2 is 2.10 bits per heavy atom. The van der Waals surface area contributed by atoms with Gasteiger partial charge in [0.05, 0.1) is 38.0 Å². The monoisotopic (exact) mass is 427 g/mol. The van der Waals surface area contributed by atoms with Crippen LogP contribution in [0.1, 0.15) is 24.3 Å². The number of hydrogen-bond donors (Lipinski definition) is 1. The first-order valence-electron chi connectivity index (χ1n) is 10.2. The van der Waals surface area contributed by atoms with Gasteiger partial charge in [-0.15, -0.1) is 11.3 Å². The van der Waals surface area contributed by atoms with Crippen LogP contribution in [0.15, 0.2) is 40.5 Å². The van der Waals surface area contributed by atoms with Gasteiger partial charge in [-0.05, 0) is 43.5 Å². The van der Waals surface area contributed by atoms with Crippen molar-refractivity contribution >= 4 is 23.5 Å². The zero-order valence-electron chi connectivity index (χ0n) is 17.3. The average molecular weight is 428 g/mol. The molecule has 0 radical (unpaired) electrons. The topological polar surface area (TPSA) is 80.6 Å². The molecule has 0 saturated carbocycles. The minimum absolute atomic E-state index is 0.0658. The summed E-state index contributed by atoms with van der Waals surface area (Å²) in [4.78, 5) is 17.5. The van der Waals surface area contributed by atoms with Gasteiger partial charge in [0, 0.05) is 23.6 Å². The summed E-state index contributed by atoms with van der Waals surface area (Å²) in [6.07, 6.45) is 8.08. The summed E-state index contributed by atoms with van der Waals surface area (Å²) in [5.41, 5.74) is 2.98. The van der Waals surface area contributed by atoms with Crippen LogP contribution in [0.3, 0.4) is 0 Å². The van der Waals surface area contributed by atoms with Crippen LogP contribution in [0.2, 0.25) is 0 Å². The number of carbonyl (C=O) groups is 1. The molecule has 158 valence electrons. The molecule has 3 heterocycles. The van der Waals surface area contributed by atoms with Crippen molar-refractivity contribution in [2.45, 2.75) is 25.7 Å². The van der Waals surface area contributed by atoms with Crippen molar-refractivity contribution in [3.05, 3.63) is 40.4 Å². The van der Waals surface area contributed by atoms with Crippen molar-refractivity contribution in [2.75, 3.05) is 27.3 Å². The number of hydrazone groups is 1. The van der Waals surface area contributed by atoms with Crippen LogP contribution in [-0.4, -0.2) is 49.4 Å². The zero-order valence-corrected chi connectivity index (χ0v) is 18.2. The lowest BCUT2D eigenvalue weighted by atomic mass is 10.1. The minimum Gasteiger partial charge on any atom is -0.493 e. The normalized spacial score (nSPS) is 19.0. The SMILES string of the molecule is COc1ccc(-c2csc(CCN3N=C[C@@H](C4=CCCCC[NH2+]4)C3=O)n2)cc1OC. The van der Waals surface area contributed by atoms with Gasteiger partial charge in [0.25, 0.3) is 5.91 Å². The Kier molecular flexibility index (Phi) is 6.44. The van der Waals surface area contributed by atoms with E-state index in [-0.39, 0.29) is 11.8 Å². The molecule has 2 aliphatic rings. The molecule has 4 rings (SSSR count). The first-order valence-corrected chi connectivity index (χ1v) is 11.1. The Balaban J connectivity index is 1.38. The van der Waals surface area contributed by atoms with Gasteiger partial charge in [-0.2, -0.15) is 5.10 Å². The predicted molar refractivity (Wildman–Crippen MR) is 117 cm³/mol. The lowest BCUT2D eigenvalue weighted by molar-refractivity contribution is -0.609. The Bertz CT molecular complexity index is 969. The number of ether oxygens (including phenoxy) is 2. The molecular weight excluding hydrogens is 400 g/mol. The second-order valence-electron chi connectivity index (χ2n) is 7.34. The zero-order chi connectivity index (χ0) is 20.9. The molecule has 0 unspecified atom stereocenters. The van der Waals surface area contributed by atoms with E-state index in [0.717, 1.165) is 34.9 Å². The number of benzene rings is 1. The highest BCUT2D eigenvalue weighted by Crippen LogP contribution is 2.32. The molecule has 2 aliphatic heterocycles. The number of rotatable bonds is 7. The molecule has 1 atom stereocenters. The Hall–Kier alpha value is -2.71. The van der Waals surface area contributed by atoms with E-state index in [0.29, 0.717) is 24.5 Å². The molecule has 8 heteroatoms. The number of thiazole rings is 1. The number of amides is 1. The number of nitrogens with two attached hydrogens (primary N) is 1. The van der Waals surface area contributed by atoms with E-state index in [1.54, 1.807) is 36.8 Å². The molecule has 2 aromatic rings. The van der Waals surface area contributed by atoms with Crippen molar-refractivity contribution in [3.8, 4) is 22.8 Å². The van der Waals surface area contributed by atoms with Crippen LogP contribution >= 0.6 is 11.3 Å². The van der Waals surface area contributed by atoms with Gasteiger partial charge in [0.1, 0.15) is 5.70 Å². The molecule has 30 heavy (non-hydrogen) atoms. The van der Waals surface area contributed by atoms with E-state index < -0.39 is 0 Å². The number of hydrogen-bond acceptors (Lipinski definition) is 6. The average Bonchev–Trinajstić information content (AvgIpc) is 3.29. The number of aromatic nitrogens is 1. The smallest absolute Gasteiger partial charge is 0.261 e. The number of nitrogens with zero attached hydrogens (tertiary/aromatic N) is 3. The molecule has 0 fully saturated rings. The fourth-order valence-electron chi connectivity index (χ4n) is 3.74. The largest absolute Gasteiger partial charge is 0.493 e. The molecule has 7 nitrogen and oxygen atoms in total. The maximum atomic E-state index is 12.8. The van der Waals surface area contributed by atoms with Gasteiger partial charge < -0.3 is 14.8 Å². The van der Waals surface area contributed by atoms with Crippen molar-refractivity contribution in [3.63, 3.8) is 0 Å². The first kappa shape index (κ1) is 20.6. The van der Waals surface area contributed by atoms with Gasteiger partial charge in [-0.25, -0.2) is 9.99 Å². The molecule has 1 aromatic heterocycles. The number of methoxy groups -OCH3 is 2. The Morgan fingerprint density at radius 3 is 2.93 bits per heavy atom. The summed E-state index contributed by atoms with van der Waals surface area (Å²) in [7, 11) is 3.24. The van der Waals surface area contributed by atoms with Crippen molar-refractivity contribution < 1.29 is 19.6 Å². The summed E-state index contributed by atoms with van der Waals surface area (Å²) >= 11 is 1.59. The molecule has 1 amide bonds. The van der Waals surface area contributed by atoms with Gasteiger partial charge in [-0.1, -0.05) is 0 Å². The number of quaternary nitrogens is 1. The number of allylic oxidation sites excluding steroid dienone is 1. The predicted octanol–water partition coefficient (Wildman–Crippen LogP) is 2.45. The van der Waals surface area contributed by atoms with Crippen LogP contribution in [0.4, 0.5) is 0 Å². The fraction of sp³-hybridized carbons (Fsp3) is 0.409. The van der Waals surface area contributed by atoms with Gasteiger partial charge in [-0.3, -0.25) is 4.79 Å². The Morgan fingerprint density at radius 1 is 1.23 bits per heavy atom. The van der Waals surface area contributed by atoms with E-state index in [1.165, 1.54) is 12.8 Å². The first-order chi connectivity index (χ1) is 14.7. The molecule has 2 N–H and O–H groups in total. The van der Waals surface area contributed by atoms with E-state index in [4.69, 9.17) is 14.5 Å². The second-order valence-corrected chi connectivity index (χ2v) is 8.29. The quantitative estimate of drug-likeness (QED) is 0.736.